The summed E-state index contributed by atoms with van der Waals surface area (Å²) in [5, 5.41) is 10.6. The highest BCUT2D eigenvalue weighted by Crippen LogP contribution is 2.45. The molecule has 3 N–H and O–H groups in total. The van der Waals surface area contributed by atoms with Gasteiger partial charge in [0.15, 0.2) is 12.2 Å². The minimum atomic E-state index is -4.95. The van der Waals surface area contributed by atoms with Crippen molar-refractivity contribution in [3.05, 3.63) is 0 Å². The smallest absolute Gasteiger partial charge is 0.462 e. The lowest BCUT2D eigenvalue weighted by atomic mass is 10.0. The summed E-state index contributed by atoms with van der Waals surface area (Å²) >= 11 is 0. The van der Waals surface area contributed by atoms with Crippen molar-refractivity contribution in [3.8, 4) is 0 Å². The number of esters is 4. The molecule has 17 nitrogen and oxygen atoms in total. The van der Waals surface area contributed by atoms with Crippen molar-refractivity contribution in [2.24, 2.45) is 23.7 Å². The van der Waals surface area contributed by atoms with Crippen LogP contribution in [-0.4, -0.2) is 96.7 Å². The highest BCUT2D eigenvalue weighted by atomic mass is 31.2. The first kappa shape index (κ1) is 88.1. The van der Waals surface area contributed by atoms with Crippen LogP contribution < -0.4 is 0 Å². The molecule has 0 aromatic rings. The first-order chi connectivity index (χ1) is 43.1. The molecular formula is C71H138O17P2. The molecule has 534 valence electrons. The first-order valence-electron chi connectivity index (χ1n) is 36.7. The molecule has 0 fully saturated rings. The molecule has 0 heterocycles. The average Bonchev–Trinajstić information content (AvgIpc) is 2.68. The molecular weight excluding hydrogens is 1190 g/mol. The number of carbonyl (C=O) groups excluding carboxylic acids is 4. The fraction of sp³-hybridized carbons (Fsp3) is 0.944. The van der Waals surface area contributed by atoms with E-state index in [4.69, 9.17) is 37.0 Å². The molecule has 0 aromatic heterocycles. The molecule has 0 amide bonds. The fourth-order valence-corrected chi connectivity index (χ4v) is 12.2. The molecule has 0 spiro atoms. The Morgan fingerprint density at radius 3 is 0.689 bits per heavy atom. The van der Waals surface area contributed by atoms with E-state index in [0.29, 0.717) is 31.6 Å². The van der Waals surface area contributed by atoms with Gasteiger partial charge in [-0.25, -0.2) is 9.13 Å². The van der Waals surface area contributed by atoms with Crippen LogP contribution in [-0.2, 0) is 65.4 Å². The molecule has 90 heavy (non-hydrogen) atoms. The van der Waals surface area contributed by atoms with E-state index in [9.17, 15) is 43.2 Å². The highest BCUT2D eigenvalue weighted by Gasteiger charge is 2.30. The van der Waals surface area contributed by atoms with Gasteiger partial charge >= 0.3 is 39.5 Å². The normalized spacial score (nSPS) is 14.3. The Morgan fingerprint density at radius 1 is 0.278 bits per heavy atom. The lowest BCUT2D eigenvalue weighted by Gasteiger charge is -2.21. The number of phosphoric ester groups is 2. The third kappa shape index (κ3) is 64.8. The second-order valence-electron chi connectivity index (χ2n) is 27.5. The number of aliphatic hydroxyl groups excluding tert-OH is 1. The Morgan fingerprint density at radius 2 is 0.467 bits per heavy atom. The summed E-state index contributed by atoms with van der Waals surface area (Å²) in [4.78, 5) is 72.6. The van der Waals surface area contributed by atoms with Gasteiger partial charge in [0.05, 0.1) is 26.4 Å². The molecule has 0 aliphatic heterocycles. The second kappa shape index (κ2) is 60.7. The van der Waals surface area contributed by atoms with Gasteiger partial charge in [-0.15, -0.1) is 0 Å². The van der Waals surface area contributed by atoms with Gasteiger partial charge < -0.3 is 33.8 Å². The number of phosphoric acid groups is 2. The molecule has 0 aliphatic rings. The minimum Gasteiger partial charge on any atom is -0.462 e. The first-order valence-corrected chi connectivity index (χ1v) is 39.7. The lowest BCUT2D eigenvalue weighted by molar-refractivity contribution is -0.161. The van der Waals surface area contributed by atoms with Crippen molar-refractivity contribution in [1.29, 1.82) is 0 Å². The zero-order chi connectivity index (χ0) is 66.8. The van der Waals surface area contributed by atoms with E-state index in [1.165, 1.54) is 148 Å². The van der Waals surface area contributed by atoms with Gasteiger partial charge in [0.1, 0.15) is 19.3 Å². The predicted octanol–water partition coefficient (Wildman–Crippen LogP) is 20.1. The summed E-state index contributed by atoms with van der Waals surface area (Å²) in [5.41, 5.74) is 0. The van der Waals surface area contributed by atoms with E-state index < -0.39 is 97.5 Å². The quantitative estimate of drug-likeness (QED) is 0.0222. The SMILES string of the molecule is CC(C)CCCCCCCCCCCCCCCC(=O)OC[C@H](COP(=O)(O)OCC(O)COP(=O)(O)OC[C@@H](COC(=O)CCCCCCCCCC(C)C)OC(=O)CCCCCCCCCCCC(C)C)OC(=O)CCCCCCCCCCCC(C)C. The third-order valence-corrected chi connectivity index (χ3v) is 18.2. The van der Waals surface area contributed by atoms with Gasteiger partial charge in [0, 0.05) is 25.7 Å². The maximum atomic E-state index is 13.0. The Balaban J connectivity index is 5.24. The third-order valence-electron chi connectivity index (χ3n) is 16.3. The highest BCUT2D eigenvalue weighted by molar-refractivity contribution is 7.47. The number of hydrogen-bond donors (Lipinski definition) is 3. The van der Waals surface area contributed by atoms with E-state index in [-0.39, 0.29) is 25.7 Å². The van der Waals surface area contributed by atoms with Crippen LogP contribution in [0.25, 0.3) is 0 Å². The molecule has 5 atom stereocenters. The Bertz CT molecular complexity index is 1780. The van der Waals surface area contributed by atoms with Crippen LogP contribution >= 0.6 is 15.6 Å². The molecule has 0 saturated carbocycles. The zero-order valence-electron chi connectivity index (χ0n) is 58.8. The molecule has 3 unspecified atom stereocenters. The van der Waals surface area contributed by atoms with Crippen LogP contribution in [0.4, 0.5) is 0 Å². The number of unbranched alkanes of at least 4 members (excludes halogenated alkanes) is 34. The summed E-state index contributed by atoms with van der Waals surface area (Å²) in [7, 11) is -9.90. The summed E-state index contributed by atoms with van der Waals surface area (Å²) in [5.74, 6) is 0.840. The van der Waals surface area contributed by atoms with E-state index in [1.807, 2.05) is 0 Å². The molecule has 0 rings (SSSR count). The number of aliphatic hydroxyl groups is 1. The second-order valence-corrected chi connectivity index (χ2v) is 30.4. The van der Waals surface area contributed by atoms with Crippen LogP contribution in [0.15, 0.2) is 0 Å². The van der Waals surface area contributed by atoms with E-state index >= 15 is 0 Å². The van der Waals surface area contributed by atoms with Crippen LogP contribution in [0.1, 0.15) is 351 Å². The summed E-state index contributed by atoms with van der Waals surface area (Å²) in [6, 6.07) is 0. The van der Waals surface area contributed by atoms with Crippen LogP contribution in [0.2, 0.25) is 0 Å². The number of ether oxygens (including phenoxy) is 4. The summed E-state index contributed by atoms with van der Waals surface area (Å²) < 4.78 is 68.3. The monoisotopic (exact) mass is 1320 g/mol. The lowest BCUT2D eigenvalue weighted by Crippen LogP contribution is -2.30. The van der Waals surface area contributed by atoms with E-state index in [0.717, 1.165) is 114 Å². The predicted molar refractivity (Wildman–Crippen MR) is 363 cm³/mol. The van der Waals surface area contributed by atoms with Crippen molar-refractivity contribution in [2.45, 2.75) is 369 Å². The standard InChI is InChI=1S/C71H138O17P2/c1-61(2)47-39-31-23-16-12-10-9-11-13-19-27-35-43-51-68(73)81-57-66(87-70(75)53-45-37-28-20-14-17-24-32-40-48-62(3)4)59-85-89(77,78)83-55-65(72)56-84-90(79,80)86-60-67(58-82-69(74)52-44-36-30-22-26-34-42-50-64(7)8)88-71(76)54-46-38-29-21-15-18-25-33-41-49-63(5)6/h61-67,72H,9-60H2,1-8H3,(H,77,78)(H,79,80)/t65?,66-,67-/m1/s1. The van der Waals surface area contributed by atoms with Crippen LogP contribution in [0.3, 0.4) is 0 Å². The Hall–Kier alpha value is -1.94. The average molecular weight is 1330 g/mol. The topological polar surface area (TPSA) is 237 Å². The van der Waals surface area contributed by atoms with E-state index in [2.05, 4.69) is 55.4 Å². The van der Waals surface area contributed by atoms with Crippen molar-refractivity contribution in [3.63, 3.8) is 0 Å². The zero-order valence-corrected chi connectivity index (χ0v) is 60.6. The summed E-state index contributed by atoms with van der Waals surface area (Å²) in [6.45, 7) is 14.1. The van der Waals surface area contributed by atoms with Gasteiger partial charge in [-0.3, -0.25) is 37.3 Å². The summed E-state index contributed by atoms with van der Waals surface area (Å²) in [6.07, 6.45) is 43.2. The molecule has 19 heteroatoms. The van der Waals surface area contributed by atoms with Crippen molar-refractivity contribution in [2.75, 3.05) is 39.6 Å². The minimum absolute atomic E-state index is 0.104. The number of rotatable bonds is 68. The largest absolute Gasteiger partial charge is 0.472 e. The van der Waals surface area contributed by atoms with Gasteiger partial charge in [0.2, 0.25) is 0 Å². The molecule has 0 aromatic carbocycles. The van der Waals surface area contributed by atoms with Gasteiger partial charge in [-0.1, -0.05) is 299 Å². The van der Waals surface area contributed by atoms with Crippen molar-refractivity contribution in [1.82, 2.24) is 0 Å². The van der Waals surface area contributed by atoms with E-state index in [1.54, 1.807) is 0 Å². The van der Waals surface area contributed by atoms with Crippen LogP contribution in [0, 0.1) is 23.7 Å². The Kier molecular flexibility index (Phi) is 59.4. The number of hydrogen-bond acceptors (Lipinski definition) is 15. The maximum Gasteiger partial charge on any atom is 0.472 e. The van der Waals surface area contributed by atoms with Crippen molar-refractivity contribution < 1.29 is 80.2 Å². The maximum absolute atomic E-state index is 13.0. The molecule has 0 radical (unpaired) electrons. The van der Waals surface area contributed by atoms with Crippen LogP contribution in [0.5, 0.6) is 0 Å². The molecule has 0 bridgehead atoms. The van der Waals surface area contributed by atoms with Gasteiger partial charge in [0.25, 0.3) is 0 Å². The fourth-order valence-electron chi connectivity index (χ4n) is 10.7. The van der Waals surface area contributed by atoms with Gasteiger partial charge in [-0.2, -0.15) is 0 Å². The molecule has 0 saturated heterocycles. The van der Waals surface area contributed by atoms with Gasteiger partial charge in [-0.05, 0) is 49.4 Å². The van der Waals surface area contributed by atoms with Crippen molar-refractivity contribution >= 4 is 39.5 Å². The number of carbonyl (C=O) groups is 4. The molecule has 0 aliphatic carbocycles. The Labute approximate surface area is 549 Å².